The highest BCUT2D eigenvalue weighted by molar-refractivity contribution is 5.95. The van der Waals surface area contributed by atoms with Gasteiger partial charge in [-0.25, -0.2) is 0 Å². The molecule has 0 unspecified atom stereocenters. The van der Waals surface area contributed by atoms with E-state index in [0.717, 1.165) is 5.69 Å². The van der Waals surface area contributed by atoms with Crippen molar-refractivity contribution in [1.29, 1.82) is 0 Å². The summed E-state index contributed by atoms with van der Waals surface area (Å²) < 4.78 is 0. The van der Waals surface area contributed by atoms with Gasteiger partial charge >= 0.3 is 5.97 Å². The fourth-order valence-corrected chi connectivity index (χ4v) is 2.37. The molecule has 7 nitrogen and oxygen atoms in total. The Hall–Kier alpha value is -2.02. The lowest BCUT2D eigenvalue weighted by Gasteiger charge is -2.34. The predicted molar refractivity (Wildman–Crippen MR) is 76.1 cm³/mol. The Morgan fingerprint density at radius 2 is 1.86 bits per heavy atom. The Balaban J connectivity index is 1.94. The predicted octanol–water partition coefficient (Wildman–Crippen LogP) is 0.326. The third-order valence-corrected chi connectivity index (χ3v) is 3.63. The van der Waals surface area contributed by atoms with Crippen molar-refractivity contribution in [1.82, 2.24) is 20.0 Å². The maximum absolute atomic E-state index is 12.5. The van der Waals surface area contributed by atoms with Gasteiger partial charge in [0.2, 0.25) is 0 Å². The van der Waals surface area contributed by atoms with Crippen LogP contribution in [0.25, 0.3) is 0 Å². The van der Waals surface area contributed by atoms with Gasteiger partial charge < -0.3 is 10.0 Å². The molecule has 1 fully saturated rings. The van der Waals surface area contributed by atoms with Gasteiger partial charge in [0, 0.05) is 32.7 Å². The van der Waals surface area contributed by atoms with E-state index >= 15 is 0 Å². The average molecular weight is 292 g/mol. The standard InChI is InChI=1S/C14H20N4O3/c1-10-9-12(11(2)16-15-10)14(21)18-7-5-17(6-8-18)4-3-13(19)20/h9H,3-8H2,1-2H3,(H,19,20). The van der Waals surface area contributed by atoms with Gasteiger partial charge in [-0.2, -0.15) is 10.2 Å². The number of carbonyl (C=O) groups excluding carboxylic acids is 1. The number of rotatable bonds is 4. The number of hydrogen-bond donors (Lipinski definition) is 1. The molecule has 1 aromatic heterocycles. The molecule has 0 atom stereocenters. The monoisotopic (exact) mass is 292 g/mol. The molecular weight excluding hydrogens is 272 g/mol. The molecule has 0 saturated carbocycles. The van der Waals surface area contributed by atoms with Gasteiger partial charge in [-0.3, -0.25) is 14.5 Å². The van der Waals surface area contributed by atoms with Crippen LogP contribution >= 0.6 is 0 Å². The lowest BCUT2D eigenvalue weighted by Crippen LogP contribution is -2.49. The lowest BCUT2D eigenvalue weighted by atomic mass is 10.1. The van der Waals surface area contributed by atoms with Crippen molar-refractivity contribution in [2.45, 2.75) is 20.3 Å². The molecule has 2 heterocycles. The molecule has 1 saturated heterocycles. The third-order valence-electron chi connectivity index (χ3n) is 3.63. The zero-order chi connectivity index (χ0) is 15.4. The number of aromatic nitrogens is 2. The molecule has 1 amide bonds. The van der Waals surface area contributed by atoms with Gasteiger partial charge in [-0.05, 0) is 19.9 Å². The number of aryl methyl sites for hydroxylation is 2. The molecule has 114 valence electrons. The number of carboxylic acids is 1. The SMILES string of the molecule is Cc1cc(C(=O)N2CCN(CCC(=O)O)CC2)c(C)nn1. The van der Waals surface area contributed by atoms with E-state index in [0.29, 0.717) is 44.0 Å². The van der Waals surface area contributed by atoms with Crippen LogP contribution in [0.3, 0.4) is 0 Å². The van der Waals surface area contributed by atoms with Gasteiger partial charge in [0.1, 0.15) is 0 Å². The van der Waals surface area contributed by atoms with Gasteiger partial charge in [0.05, 0.1) is 23.4 Å². The first-order chi connectivity index (χ1) is 9.97. The van der Waals surface area contributed by atoms with Crippen LogP contribution in [0.5, 0.6) is 0 Å². The molecular formula is C14H20N4O3. The Bertz CT molecular complexity index is 539. The lowest BCUT2D eigenvalue weighted by molar-refractivity contribution is -0.137. The molecule has 0 aliphatic carbocycles. The third kappa shape index (κ3) is 3.98. The van der Waals surface area contributed by atoms with Gasteiger partial charge in [0.15, 0.2) is 0 Å². The Morgan fingerprint density at radius 1 is 1.19 bits per heavy atom. The fourth-order valence-electron chi connectivity index (χ4n) is 2.37. The van der Waals surface area contributed by atoms with Crippen LogP contribution in [0.2, 0.25) is 0 Å². The van der Waals surface area contributed by atoms with Crippen molar-refractivity contribution in [2.75, 3.05) is 32.7 Å². The molecule has 21 heavy (non-hydrogen) atoms. The van der Waals surface area contributed by atoms with Crippen molar-refractivity contribution in [3.05, 3.63) is 23.0 Å². The van der Waals surface area contributed by atoms with Gasteiger partial charge in [-0.1, -0.05) is 0 Å². The van der Waals surface area contributed by atoms with Crippen molar-refractivity contribution in [3.8, 4) is 0 Å². The van der Waals surface area contributed by atoms with Crippen LogP contribution in [-0.4, -0.2) is 69.7 Å². The minimum absolute atomic E-state index is 0.0246. The number of aliphatic carboxylic acids is 1. The van der Waals surface area contributed by atoms with E-state index in [2.05, 4.69) is 15.1 Å². The summed E-state index contributed by atoms with van der Waals surface area (Å²) >= 11 is 0. The summed E-state index contributed by atoms with van der Waals surface area (Å²) in [5, 5.41) is 16.6. The first-order valence-electron chi connectivity index (χ1n) is 7.01. The van der Waals surface area contributed by atoms with Crippen LogP contribution in [0, 0.1) is 13.8 Å². The van der Waals surface area contributed by atoms with Crippen molar-refractivity contribution < 1.29 is 14.7 Å². The molecule has 0 aromatic carbocycles. The van der Waals surface area contributed by atoms with E-state index in [1.807, 2.05) is 6.92 Å². The minimum Gasteiger partial charge on any atom is -0.481 e. The van der Waals surface area contributed by atoms with Crippen LogP contribution in [0.4, 0.5) is 0 Å². The molecule has 2 rings (SSSR count). The number of hydrogen-bond acceptors (Lipinski definition) is 5. The topological polar surface area (TPSA) is 86.6 Å². The average Bonchev–Trinajstić information content (AvgIpc) is 2.47. The number of amides is 1. The number of nitrogens with zero attached hydrogens (tertiary/aromatic N) is 4. The maximum atomic E-state index is 12.5. The molecule has 1 N–H and O–H groups in total. The summed E-state index contributed by atoms with van der Waals surface area (Å²) in [5.74, 6) is -0.814. The molecule has 1 aliphatic heterocycles. The molecule has 1 aliphatic rings. The van der Waals surface area contributed by atoms with Crippen molar-refractivity contribution in [3.63, 3.8) is 0 Å². The van der Waals surface area contributed by atoms with E-state index in [9.17, 15) is 9.59 Å². The molecule has 1 aromatic rings. The summed E-state index contributed by atoms with van der Waals surface area (Å²) in [6, 6.07) is 1.77. The highest BCUT2D eigenvalue weighted by Crippen LogP contribution is 2.12. The van der Waals surface area contributed by atoms with E-state index in [1.54, 1.807) is 17.9 Å². The van der Waals surface area contributed by atoms with E-state index in [4.69, 9.17) is 5.11 Å². The van der Waals surface area contributed by atoms with Crippen LogP contribution in [0.15, 0.2) is 6.07 Å². The summed E-state index contributed by atoms with van der Waals surface area (Å²) in [6.45, 7) is 6.76. The minimum atomic E-state index is -0.789. The van der Waals surface area contributed by atoms with Crippen LogP contribution in [0.1, 0.15) is 28.2 Å². The Labute approximate surface area is 123 Å². The maximum Gasteiger partial charge on any atom is 0.304 e. The zero-order valence-electron chi connectivity index (χ0n) is 12.4. The van der Waals surface area contributed by atoms with E-state index in [1.165, 1.54) is 0 Å². The highest BCUT2D eigenvalue weighted by atomic mass is 16.4. The molecule has 7 heteroatoms. The second-order valence-corrected chi connectivity index (χ2v) is 5.26. The summed E-state index contributed by atoms with van der Waals surface area (Å²) in [7, 11) is 0. The quantitative estimate of drug-likeness (QED) is 0.860. The number of carboxylic acid groups (broad SMARTS) is 1. The van der Waals surface area contributed by atoms with Crippen molar-refractivity contribution in [2.24, 2.45) is 0 Å². The largest absolute Gasteiger partial charge is 0.481 e. The fraction of sp³-hybridized carbons (Fsp3) is 0.571. The van der Waals surface area contributed by atoms with Crippen LogP contribution in [-0.2, 0) is 4.79 Å². The van der Waals surface area contributed by atoms with Gasteiger partial charge in [0.25, 0.3) is 5.91 Å². The molecule has 0 radical (unpaired) electrons. The number of carbonyl (C=O) groups is 2. The first-order valence-corrected chi connectivity index (χ1v) is 7.01. The number of piperazine rings is 1. The molecule has 0 spiro atoms. The molecule has 0 bridgehead atoms. The Morgan fingerprint density at radius 3 is 2.48 bits per heavy atom. The summed E-state index contributed by atoms with van der Waals surface area (Å²) in [6.07, 6.45) is 0.139. The smallest absolute Gasteiger partial charge is 0.304 e. The normalized spacial score (nSPS) is 16.0. The Kier molecular flexibility index (Phi) is 4.85. The summed E-state index contributed by atoms with van der Waals surface area (Å²) in [5.41, 5.74) is 1.96. The van der Waals surface area contributed by atoms with E-state index in [-0.39, 0.29) is 12.3 Å². The highest BCUT2D eigenvalue weighted by Gasteiger charge is 2.23. The second kappa shape index (κ2) is 6.62. The van der Waals surface area contributed by atoms with Crippen LogP contribution < -0.4 is 0 Å². The first kappa shape index (κ1) is 15.4. The van der Waals surface area contributed by atoms with Gasteiger partial charge in [-0.15, -0.1) is 0 Å². The zero-order valence-corrected chi connectivity index (χ0v) is 12.4. The second-order valence-electron chi connectivity index (χ2n) is 5.26. The van der Waals surface area contributed by atoms with E-state index < -0.39 is 5.97 Å². The van der Waals surface area contributed by atoms with Crippen molar-refractivity contribution >= 4 is 11.9 Å². The summed E-state index contributed by atoms with van der Waals surface area (Å²) in [4.78, 5) is 26.9.